The van der Waals surface area contributed by atoms with Crippen molar-refractivity contribution in [3.63, 3.8) is 0 Å². The Balaban J connectivity index is 2.47. The molecule has 0 saturated carbocycles. The molecular formula is C13H21NO. The van der Waals surface area contributed by atoms with Crippen molar-refractivity contribution in [2.24, 2.45) is 0 Å². The van der Waals surface area contributed by atoms with Crippen molar-refractivity contribution in [1.82, 2.24) is 5.32 Å². The molecule has 84 valence electrons. The van der Waals surface area contributed by atoms with Crippen molar-refractivity contribution in [2.75, 3.05) is 6.61 Å². The van der Waals surface area contributed by atoms with Crippen molar-refractivity contribution in [2.45, 2.75) is 38.8 Å². The highest BCUT2D eigenvalue weighted by molar-refractivity contribution is 5.15. The summed E-state index contributed by atoms with van der Waals surface area (Å²) in [5.41, 5.74) is 1.35. The van der Waals surface area contributed by atoms with Crippen molar-refractivity contribution >= 4 is 0 Å². The quantitative estimate of drug-likeness (QED) is 0.747. The minimum absolute atomic E-state index is 0.179. The SMILES string of the molecule is CC[C@H](Cc1ccccc1)N[C@H](C)CO. The van der Waals surface area contributed by atoms with Crippen LogP contribution in [-0.4, -0.2) is 23.8 Å². The third kappa shape index (κ3) is 4.45. The third-order valence-corrected chi connectivity index (χ3v) is 2.61. The summed E-state index contributed by atoms with van der Waals surface area (Å²) >= 11 is 0. The second kappa shape index (κ2) is 6.59. The lowest BCUT2D eigenvalue weighted by Crippen LogP contribution is -2.39. The van der Waals surface area contributed by atoms with E-state index >= 15 is 0 Å². The lowest BCUT2D eigenvalue weighted by molar-refractivity contribution is 0.239. The van der Waals surface area contributed by atoms with Crippen molar-refractivity contribution in [1.29, 1.82) is 0 Å². The van der Waals surface area contributed by atoms with Crippen LogP contribution < -0.4 is 5.32 Å². The molecule has 0 saturated heterocycles. The van der Waals surface area contributed by atoms with E-state index in [-0.39, 0.29) is 12.6 Å². The van der Waals surface area contributed by atoms with Gasteiger partial charge >= 0.3 is 0 Å². The number of aliphatic hydroxyl groups is 1. The molecule has 0 aliphatic carbocycles. The van der Waals surface area contributed by atoms with Gasteiger partial charge in [-0.1, -0.05) is 37.3 Å². The monoisotopic (exact) mass is 207 g/mol. The van der Waals surface area contributed by atoms with Crippen LogP contribution in [0.15, 0.2) is 30.3 Å². The van der Waals surface area contributed by atoms with Crippen LogP contribution in [0.2, 0.25) is 0 Å². The second-order valence-corrected chi connectivity index (χ2v) is 4.05. The molecule has 1 aromatic carbocycles. The number of rotatable bonds is 6. The van der Waals surface area contributed by atoms with Crippen LogP contribution in [0.1, 0.15) is 25.8 Å². The van der Waals surface area contributed by atoms with Crippen molar-refractivity contribution < 1.29 is 5.11 Å². The van der Waals surface area contributed by atoms with E-state index in [2.05, 4.69) is 36.5 Å². The van der Waals surface area contributed by atoms with Gasteiger partial charge in [-0.05, 0) is 25.3 Å². The summed E-state index contributed by atoms with van der Waals surface area (Å²) in [4.78, 5) is 0. The first kappa shape index (κ1) is 12.2. The van der Waals surface area contributed by atoms with Gasteiger partial charge in [0.25, 0.3) is 0 Å². The fourth-order valence-corrected chi connectivity index (χ4v) is 1.67. The molecule has 0 fully saturated rings. The molecule has 1 rings (SSSR count). The first-order valence-electron chi connectivity index (χ1n) is 5.67. The molecule has 0 amide bonds. The third-order valence-electron chi connectivity index (χ3n) is 2.61. The summed E-state index contributed by atoms with van der Waals surface area (Å²) in [7, 11) is 0. The Morgan fingerprint density at radius 3 is 2.47 bits per heavy atom. The van der Waals surface area contributed by atoms with E-state index in [0.29, 0.717) is 6.04 Å². The Kier molecular flexibility index (Phi) is 5.37. The van der Waals surface area contributed by atoms with Crippen LogP contribution in [0.4, 0.5) is 0 Å². The maximum Gasteiger partial charge on any atom is 0.0582 e. The van der Waals surface area contributed by atoms with E-state index in [0.717, 1.165) is 12.8 Å². The molecule has 0 aliphatic heterocycles. The smallest absolute Gasteiger partial charge is 0.0582 e. The number of hydrogen-bond donors (Lipinski definition) is 2. The average molecular weight is 207 g/mol. The highest BCUT2D eigenvalue weighted by atomic mass is 16.3. The van der Waals surface area contributed by atoms with Crippen LogP contribution in [0.25, 0.3) is 0 Å². The van der Waals surface area contributed by atoms with E-state index in [4.69, 9.17) is 5.11 Å². The summed E-state index contributed by atoms with van der Waals surface area (Å²) in [6.07, 6.45) is 2.11. The van der Waals surface area contributed by atoms with Gasteiger partial charge in [0.05, 0.1) is 6.61 Å². The minimum atomic E-state index is 0.179. The molecule has 2 atom stereocenters. The zero-order chi connectivity index (χ0) is 11.1. The van der Waals surface area contributed by atoms with E-state index in [1.165, 1.54) is 5.56 Å². The summed E-state index contributed by atoms with van der Waals surface area (Å²) in [5.74, 6) is 0. The van der Waals surface area contributed by atoms with E-state index in [1.807, 2.05) is 13.0 Å². The number of aliphatic hydroxyl groups excluding tert-OH is 1. The summed E-state index contributed by atoms with van der Waals surface area (Å²) in [6.45, 7) is 4.38. The second-order valence-electron chi connectivity index (χ2n) is 4.05. The first-order chi connectivity index (χ1) is 7.26. The summed E-state index contributed by atoms with van der Waals surface area (Å²) in [5, 5.41) is 12.4. The Labute approximate surface area is 92.3 Å². The molecule has 0 aromatic heterocycles. The Hall–Kier alpha value is -0.860. The molecule has 0 radical (unpaired) electrons. The molecule has 0 unspecified atom stereocenters. The van der Waals surface area contributed by atoms with E-state index < -0.39 is 0 Å². The maximum atomic E-state index is 8.98. The van der Waals surface area contributed by atoms with Crippen molar-refractivity contribution in [3.8, 4) is 0 Å². The van der Waals surface area contributed by atoms with Gasteiger partial charge < -0.3 is 10.4 Å². The summed E-state index contributed by atoms with van der Waals surface area (Å²) < 4.78 is 0. The molecule has 2 N–H and O–H groups in total. The topological polar surface area (TPSA) is 32.3 Å². The zero-order valence-corrected chi connectivity index (χ0v) is 9.61. The van der Waals surface area contributed by atoms with Crippen LogP contribution >= 0.6 is 0 Å². The normalized spacial score (nSPS) is 14.9. The van der Waals surface area contributed by atoms with Gasteiger partial charge in [0.15, 0.2) is 0 Å². The molecule has 0 spiro atoms. The molecule has 0 aliphatic rings. The fourth-order valence-electron chi connectivity index (χ4n) is 1.67. The van der Waals surface area contributed by atoms with E-state index in [1.54, 1.807) is 0 Å². The van der Waals surface area contributed by atoms with Crippen LogP contribution in [0, 0.1) is 0 Å². The predicted molar refractivity (Wildman–Crippen MR) is 63.9 cm³/mol. The van der Waals surface area contributed by atoms with Crippen LogP contribution in [0.3, 0.4) is 0 Å². The van der Waals surface area contributed by atoms with Gasteiger partial charge in [-0.3, -0.25) is 0 Å². The fraction of sp³-hybridized carbons (Fsp3) is 0.538. The highest BCUT2D eigenvalue weighted by Crippen LogP contribution is 2.06. The lowest BCUT2D eigenvalue weighted by Gasteiger charge is -2.21. The van der Waals surface area contributed by atoms with Gasteiger partial charge in [-0.2, -0.15) is 0 Å². The highest BCUT2D eigenvalue weighted by Gasteiger charge is 2.09. The minimum Gasteiger partial charge on any atom is -0.395 e. The van der Waals surface area contributed by atoms with Crippen molar-refractivity contribution in [3.05, 3.63) is 35.9 Å². The van der Waals surface area contributed by atoms with Crippen LogP contribution in [-0.2, 0) is 6.42 Å². The zero-order valence-electron chi connectivity index (χ0n) is 9.61. The van der Waals surface area contributed by atoms with Crippen LogP contribution in [0.5, 0.6) is 0 Å². The Morgan fingerprint density at radius 1 is 1.27 bits per heavy atom. The maximum absolute atomic E-state index is 8.98. The largest absolute Gasteiger partial charge is 0.395 e. The molecule has 15 heavy (non-hydrogen) atoms. The van der Waals surface area contributed by atoms with Gasteiger partial charge in [-0.25, -0.2) is 0 Å². The number of hydrogen-bond acceptors (Lipinski definition) is 2. The van der Waals surface area contributed by atoms with Gasteiger partial charge in [-0.15, -0.1) is 0 Å². The molecule has 0 bridgehead atoms. The average Bonchev–Trinajstić information content (AvgIpc) is 2.29. The predicted octanol–water partition coefficient (Wildman–Crippen LogP) is 1.98. The Morgan fingerprint density at radius 2 is 1.93 bits per heavy atom. The standard InChI is InChI=1S/C13H21NO/c1-3-13(14-11(2)10-15)9-12-7-5-4-6-8-12/h4-8,11,13-15H,3,9-10H2,1-2H3/t11-,13-/m1/s1. The first-order valence-corrected chi connectivity index (χ1v) is 5.67. The van der Waals surface area contributed by atoms with Gasteiger partial charge in [0.1, 0.15) is 0 Å². The molecule has 0 heterocycles. The number of nitrogens with one attached hydrogen (secondary N) is 1. The van der Waals surface area contributed by atoms with Gasteiger partial charge in [0, 0.05) is 12.1 Å². The molecular weight excluding hydrogens is 186 g/mol. The van der Waals surface area contributed by atoms with Gasteiger partial charge in [0.2, 0.25) is 0 Å². The lowest BCUT2D eigenvalue weighted by atomic mass is 10.0. The molecule has 1 aromatic rings. The van der Waals surface area contributed by atoms with E-state index in [9.17, 15) is 0 Å². The Bertz CT molecular complexity index is 260. The molecule has 2 nitrogen and oxygen atoms in total. The number of benzene rings is 1. The molecule has 2 heteroatoms. The summed E-state index contributed by atoms with van der Waals surface area (Å²) in [6, 6.07) is 11.1.